The largest absolute Gasteiger partial charge is 0.256 e. The summed E-state index contributed by atoms with van der Waals surface area (Å²) < 4.78 is 0. The summed E-state index contributed by atoms with van der Waals surface area (Å²) in [5.41, 5.74) is 5.23. The van der Waals surface area contributed by atoms with Crippen molar-refractivity contribution in [2.24, 2.45) is 0 Å². The molecule has 0 fully saturated rings. The van der Waals surface area contributed by atoms with Gasteiger partial charge in [-0.2, -0.15) is 0 Å². The summed E-state index contributed by atoms with van der Waals surface area (Å²) in [5, 5.41) is 0.626. The maximum absolute atomic E-state index is 4.71. The number of rotatable bonds is 6. The first kappa shape index (κ1) is 23.1. The third-order valence-electron chi connectivity index (χ3n) is 5.25. The van der Waals surface area contributed by atoms with Gasteiger partial charge in [0.1, 0.15) is 0 Å². The zero-order valence-electron chi connectivity index (χ0n) is 19.1. The van der Waals surface area contributed by atoms with Crippen LogP contribution in [-0.2, 0) is 12.3 Å². The monoisotopic (exact) mass is 436 g/mol. The molecule has 3 aromatic rings. The lowest BCUT2D eigenvalue weighted by Gasteiger charge is -2.42. The van der Waals surface area contributed by atoms with Gasteiger partial charge >= 0.3 is 0 Å². The van der Waals surface area contributed by atoms with E-state index < -0.39 is 7.92 Å². The van der Waals surface area contributed by atoms with Crippen molar-refractivity contribution >= 4 is 26.7 Å². The Hall–Kier alpha value is -1.62. The van der Waals surface area contributed by atoms with Crippen molar-refractivity contribution < 1.29 is 0 Å². The van der Waals surface area contributed by atoms with Crippen molar-refractivity contribution in [3.05, 3.63) is 84.2 Å². The molecular weight excluding hydrogens is 402 g/mol. The lowest BCUT2D eigenvalue weighted by Crippen LogP contribution is -2.26. The number of hydrogen-bond donors (Lipinski definition) is 0. The summed E-state index contributed by atoms with van der Waals surface area (Å²) in [4.78, 5) is 9.43. The van der Waals surface area contributed by atoms with E-state index in [9.17, 15) is 0 Å². The third kappa shape index (κ3) is 5.96. The third-order valence-corrected chi connectivity index (χ3v) is 11.4. The quantitative estimate of drug-likeness (QED) is 0.403. The molecule has 0 atom stereocenters. The van der Waals surface area contributed by atoms with Crippen LogP contribution in [0.4, 0.5) is 0 Å². The molecule has 1 aromatic carbocycles. The van der Waals surface area contributed by atoms with Gasteiger partial charge < -0.3 is 0 Å². The normalized spacial score (nSPS) is 12.5. The van der Waals surface area contributed by atoms with E-state index >= 15 is 0 Å². The minimum Gasteiger partial charge on any atom is -0.256 e. The smallest absolute Gasteiger partial charge is 0.0695 e. The molecular formula is C26H34N2P2. The van der Waals surface area contributed by atoms with Gasteiger partial charge in [0.2, 0.25) is 0 Å². The second-order valence-corrected chi connectivity index (χ2v) is 15.6. The highest BCUT2D eigenvalue weighted by Gasteiger charge is 2.34. The Morgan fingerprint density at radius 1 is 0.600 bits per heavy atom. The molecule has 0 spiro atoms. The SMILES string of the molecule is CC(C)(C)P(Cc1ccccc1CP(c1ccccn1)c1ccccn1)C(C)(C)C. The fourth-order valence-electron chi connectivity index (χ4n) is 3.99. The van der Waals surface area contributed by atoms with Crippen molar-refractivity contribution in [2.45, 2.75) is 64.2 Å². The number of aromatic nitrogens is 2. The van der Waals surface area contributed by atoms with Gasteiger partial charge in [-0.25, -0.2) is 0 Å². The number of pyridine rings is 2. The van der Waals surface area contributed by atoms with Gasteiger partial charge in [-0.3, -0.25) is 9.97 Å². The maximum atomic E-state index is 4.71. The van der Waals surface area contributed by atoms with Crippen LogP contribution in [0.2, 0.25) is 0 Å². The molecule has 30 heavy (non-hydrogen) atoms. The number of hydrogen-bond acceptors (Lipinski definition) is 2. The zero-order valence-corrected chi connectivity index (χ0v) is 20.9. The minimum atomic E-state index is -0.640. The molecule has 0 aliphatic carbocycles. The summed E-state index contributed by atoms with van der Waals surface area (Å²) in [6.45, 7) is 14.4. The van der Waals surface area contributed by atoms with E-state index in [-0.39, 0.29) is 7.92 Å². The van der Waals surface area contributed by atoms with Crippen LogP contribution in [0.5, 0.6) is 0 Å². The first-order valence-corrected chi connectivity index (χ1v) is 13.7. The molecule has 0 unspecified atom stereocenters. The topological polar surface area (TPSA) is 25.8 Å². The van der Waals surface area contributed by atoms with Crippen LogP contribution in [0.25, 0.3) is 0 Å². The van der Waals surface area contributed by atoms with Gasteiger partial charge in [0, 0.05) is 26.5 Å². The molecule has 2 heterocycles. The van der Waals surface area contributed by atoms with Crippen molar-refractivity contribution in [2.75, 3.05) is 0 Å². The van der Waals surface area contributed by atoms with Crippen molar-refractivity contribution in [3.63, 3.8) is 0 Å². The summed E-state index contributed by atoms with van der Waals surface area (Å²) in [5.74, 6) is 0. The lowest BCUT2D eigenvalue weighted by molar-refractivity contribution is 0.702. The van der Waals surface area contributed by atoms with E-state index in [1.165, 1.54) is 11.1 Å². The Kier molecular flexibility index (Phi) is 7.43. The molecule has 2 aromatic heterocycles. The summed E-state index contributed by atoms with van der Waals surface area (Å²) in [6, 6.07) is 21.5. The first-order chi connectivity index (χ1) is 14.2. The molecule has 0 aliphatic rings. The standard InChI is InChI=1S/C26H34N2P2/c1-25(2,3)30(26(4,5)6)20-22-14-8-7-13-21(22)19-29(23-15-9-11-17-27-23)24-16-10-12-18-28-24/h7-18H,19-20H2,1-6H3. The van der Waals surface area contributed by atoms with Crippen molar-refractivity contribution in [1.82, 2.24) is 9.97 Å². The van der Waals surface area contributed by atoms with Crippen LogP contribution in [0, 0.1) is 0 Å². The molecule has 4 heteroatoms. The molecule has 0 bridgehead atoms. The van der Waals surface area contributed by atoms with Gasteiger partial charge in [-0.15, -0.1) is 0 Å². The highest BCUT2D eigenvalue weighted by molar-refractivity contribution is 7.71. The average molecular weight is 437 g/mol. The molecule has 158 valence electrons. The molecule has 0 amide bonds. The average Bonchev–Trinajstić information content (AvgIpc) is 2.70. The van der Waals surface area contributed by atoms with Crippen LogP contribution in [0.1, 0.15) is 52.7 Å². The molecule has 3 rings (SSSR count). The lowest BCUT2D eigenvalue weighted by atomic mass is 10.1. The molecule has 0 saturated carbocycles. The predicted molar refractivity (Wildman–Crippen MR) is 135 cm³/mol. The second kappa shape index (κ2) is 9.67. The van der Waals surface area contributed by atoms with Crippen LogP contribution in [-0.4, -0.2) is 20.3 Å². The Morgan fingerprint density at radius 2 is 1.03 bits per heavy atom. The van der Waals surface area contributed by atoms with E-state index in [4.69, 9.17) is 9.97 Å². The fourth-order valence-corrected chi connectivity index (χ4v) is 9.76. The van der Waals surface area contributed by atoms with Crippen molar-refractivity contribution in [3.8, 4) is 0 Å². The Balaban J connectivity index is 1.98. The van der Waals surface area contributed by atoms with Crippen LogP contribution < -0.4 is 10.9 Å². The van der Waals surface area contributed by atoms with E-state index in [1.54, 1.807) is 0 Å². The maximum Gasteiger partial charge on any atom is 0.0695 e. The Labute approximate surface area is 185 Å². The molecule has 2 nitrogen and oxygen atoms in total. The highest BCUT2D eigenvalue weighted by atomic mass is 31.1. The van der Waals surface area contributed by atoms with Crippen LogP contribution >= 0.6 is 15.8 Å². The minimum absolute atomic E-state index is 0.193. The Bertz CT molecular complexity index is 875. The summed E-state index contributed by atoms with van der Waals surface area (Å²) in [6.07, 6.45) is 5.94. The fraction of sp³-hybridized carbons (Fsp3) is 0.385. The highest BCUT2D eigenvalue weighted by Crippen LogP contribution is 2.61. The number of nitrogens with zero attached hydrogens (tertiary/aromatic N) is 2. The van der Waals surface area contributed by atoms with Gasteiger partial charge in [0.25, 0.3) is 0 Å². The van der Waals surface area contributed by atoms with Gasteiger partial charge in [-0.05, 0) is 51.9 Å². The first-order valence-electron chi connectivity index (χ1n) is 10.6. The van der Waals surface area contributed by atoms with Crippen molar-refractivity contribution in [1.29, 1.82) is 0 Å². The number of benzene rings is 1. The molecule has 0 radical (unpaired) electrons. The second-order valence-electron chi connectivity index (χ2n) is 9.66. The Morgan fingerprint density at radius 3 is 1.43 bits per heavy atom. The zero-order chi connectivity index (χ0) is 21.8. The van der Waals surface area contributed by atoms with E-state index in [0.717, 1.165) is 23.2 Å². The summed E-state index contributed by atoms with van der Waals surface area (Å²) in [7, 11) is -0.832. The molecule has 0 aliphatic heterocycles. The van der Waals surface area contributed by atoms with E-state index in [1.807, 2.05) is 24.5 Å². The van der Waals surface area contributed by atoms with Crippen LogP contribution in [0.3, 0.4) is 0 Å². The van der Waals surface area contributed by atoms with Gasteiger partial charge in [0.15, 0.2) is 0 Å². The summed E-state index contributed by atoms with van der Waals surface area (Å²) >= 11 is 0. The van der Waals surface area contributed by atoms with E-state index in [0.29, 0.717) is 10.3 Å². The van der Waals surface area contributed by atoms with Gasteiger partial charge in [0.05, 0.1) is 10.9 Å². The molecule has 0 N–H and O–H groups in total. The molecule has 0 saturated heterocycles. The van der Waals surface area contributed by atoms with Gasteiger partial charge in [-0.1, -0.05) is 85.9 Å². The predicted octanol–water partition coefficient (Wildman–Crippen LogP) is 6.69. The van der Waals surface area contributed by atoms with Crippen LogP contribution in [0.15, 0.2) is 73.1 Å². The van der Waals surface area contributed by atoms with E-state index in [2.05, 4.69) is 90.1 Å².